The molecule has 0 saturated heterocycles. The Morgan fingerprint density at radius 3 is 2.54 bits per heavy atom. The Labute approximate surface area is 158 Å². The fourth-order valence-corrected chi connectivity index (χ4v) is 3.45. The predicted octanol–water partition coefficient (Wildman–Crippen LogP) is 6.09. The molecule has 128 valence electrons. The number of hydrogen-bond acceptors (Lipinski definition) is 2. The van der Waals surface area contributed by atoms with E-state index in [1.165, 1.54) is 36.5 Å². The van der Waals surface area contributed by atoms with Crippen LogP contribution in [0, 0.1) is 23.6 Å². The fraction of sp³-hybridized carbons (Fsp3) is 0.261. The molecular formula is C23H18FNS. The molecule has 1 nitrogen and oxygen atoms in total. The van der Waals surface area contributed by atoms with Gasteiger partial charge in [-0.15, -0.1) is 0 Å². The van der Waals surface area contributed by atoms with E-state index in [1.54, 1.807) is 17.7 Å². The summed E-state index contributed by atoms with van der Waals surface area (Å²) >= 11 is 4.51. The maximum absolute atomic E-state index is 13.9. The number of thiocarbonyl (C=S) groups is 1. The highest BCUT2D eigenvalue weighted by molar-refractivity contribution is 7.78. The molecule has 1 fully saturated rings. The fourth-order valence-electron chi connectivity index (χ4n) is 3.35. The van der Waals surface area contributed by atoms with Gasteiger partial charge in [-0.05, 0) is 91.7 Å². The SMILES string of the molecule is Fc1cc(C#Cc2ccc3c(c2)CCC(CC2CC2)=C3)ccc1N=C=S. The minimum Gasteiger partial charge on any atom is -0.205 e. The van der Waals surface area contributed by atoms with Crippen LogP contribution in [0.25, 0.3) is 6.08 Å². The van der Waals surface area contributed by atoms with Crippen LogP contribution < -0.4 is 0 Å². The van der Waals surface area contributed by atoms with Crippen LogP contribution in [0.5, 0.6) is 0 Å². The Hall–Kier alpha value is -2.53. The van der Waals surface area contributed by atoms with Gasteiger partial charge in [0.05, 0.1) is 5.16 Å². The molecule has 2 aromatic rings. The zero-order valence-corrected chi connectivity index (χ0v) is 15.2. The highest BCUT2D eigenvalue weighted by atomic mass is 32.1. The molecule has 0 aliphatic heterocycles. The number of fused-ring (bicyclic) bond motifs is 1. The minimum atomic E-state index is -0.437. The highest BCUT2D eigenvalue weighted by Gasteiger charge is 2.23. The number of isothiocyanates is 1. The Kier molecular flexibility index (Phi) is 4.80. The first-order valence-electron chi connectivity index (χ1n) is 8.93. The number of hydrogen-bond donors (Lipinski definition) is 0. The van der Waals surface area contributed by atoms with E-state index in [1.807, 2.05) is 6.07 Å². The third kappa shape index (κ3) is 3.99. The Morgan fingerprint density at radius 2 is 1.81 bits per heavy atom. The molecule has 26 heavy (non-hydrogen) atoms. The first kappa shape index (κ1) is 16.9. The first-order valence-corrected chi connectivity index (χ1v) is 9.34. The van der Waals surface area contributed by atoms with Gasteiger partial charge in [0.2, 0.25) is 0 Å². The molecule has 0 unspecified atom stereocenters. The summed E-state index contributed by atoms with van der Waals surface area (Å²) in [5.74, 6) is 6.67. The van der Waals surface area contributed by atoms with Gasteiger partial charge >= 0.3 is 0 Å². The van der Waals surface area contributed by atoms with Gasteiger partial charge in [0.25, 0.3) is 0 Å². The summed E-state index contributed by atoms with van der Waals surface area (Å²) in [6.45, 7) is 0. The molecule has 0 atom stereocenters. The van der Waals surface area contributed by atoms with Crippen LogP contribution in [0.15, 0.2) is 47.0 Å². The molecule has 0 amide bonds. The van der Waals surface area contributed by atoms with Crippen molar-refractivity contribution < 1.29 is 4.39 Å². The Morgan fingerprint density at radius 1 is 1.04 bits per heavy atom. The van der Waals surface area contributed by atoms with E-state index >= 15 is 0 Å². The molecule has 2 aliphatic rings. The minimum absolute atomic E-state index is 0.188. The number of aryl methyl sites for hydroxylation is 1. The molecule has 0 heterocycles. The molecule has 0 bridgehead atoms. The van der Waals surface area contributed by atoms with Crippen molar-refractivity contribution in [1.82, 2.24) is 0 Å². The van der Waals surface area contributed by atoms with E-state index < -0.39 is 5.82 Å². The highest BCUT2D eigenvalue weighted by Crippen LogP contribution is 2.38. The average Bonchev–Trinajstić information content (AvgIpc) is 3.46. The zero-order valence-electron chi connectivity index (χ0n) is 14.4. The van der Waals surface area contributed by atoms with Crippen LogP contribution in [-0.4, -0.2) is 5.16 Å². The maximum Gasteiger partial charge on any atom is 0.150 e. The summed E-state index contributed by atoms with van der Waals surface area (Å²) in [5, 5.41) is 2.18. The van der Waals surface area contributed by atoms with Gasteiger partial charge in [0.1, 0.15) is 5.69 Å². The van der Waals surface area contributed by atoms with Gasteiger partial charge in [-0.2, -0.15) is 4.99 Å². The van der Waals surface area contributed by atoms with E-state index in [0.29, 0.717) is 5.56 Å². The topological polar surface area (TPSA) is 12.4 Å². The average molecular weight is 359 g/mol. The summed E-state index contributed by atoms with van der Waals surface area (Å²) in [6, 6.07) is 11.1. The molecule has 2 aliphatic carbocycles. The van der Waals surface area contributed by atoms with E-state index in [4.69, 9.17) is 0 Å². The lowest BCUT2D eigenvalue weighted by Crippen LogP contribution is -2.00. The summed E-state index contributed by atoms with van der Waals surface area (Å²) in [5.41, 5.74) is 6.04. The van der Waals surface area contributed by atoms with Crippen molar-refractivity contribution in [1.29, 1.82) is 0 Å². The Balaban J connectivity index is 1.53. The van der Waals surface area contributed by atoms with Crippen molar-refractivity contribution in [2.45, 2.75) is 32.1 Å². The molecule has 3 heteroatoms. The lowest BCUT2D eigenvalue weighted by atomic mass is 9.89. The molecule has 1 saturated carbocycles. The van der Waals surface area contributed by atoms with E-state index in [2.05, 4.69) is 52.4 Å². The van der Waals surface area contributed by atoms with Crippen molar-refractivity contribution >= 4 is 29.1 Å². The molecule has 0 N–H and O–H groups in total. The largest absolute Gasteiger partial charge is 0.205 e. The van der Waals surface area contributed by atoms with Crippen LogP contribution in [-0.2, 0) is 6.42 Å². The maximum atomic E-state index is 13.9. The van der Waals surface area contributed by atoms with Crippen LogP contribution in [0.2, 0.25) is 0 Å². The van der Waals surface area contributed by atoms with E-state index in [9.17, 15) is 4.39 Å². The summed E-state index contributed by atoms with van der Waals surface area (Å²) in [4.78, 5) is 3.68. The number of benzene rings is 2. The monoisotopic (exact) mass is 359 g/mol. The predicted molar refractivity (Wildman–Crippen MR) is 107 cm³/mol. The third-order valence-electron chi connectivity index (χ3n) is 4.93. The second-order valence-corrected chi connectivity index (χ2v) is 7.17. The summed E-state index contributed by atoms with van der Waals surface area (Å²) in [7, 11) is 0. The van der Waals surface area contributed by atoms with Gasteiger partial charge in [-0.3, -0.25) is 0 Å². The third-order valence-corrected chi connectivity index (χ3v) is 5.02. The standard InChI is InChI=1S/C23H18FNS/c24-22-14-18(7-10-23(22)25-15-26)4-3-17-5-8-21-13-19(11-16-1-2-16)6-9-20(21)12-17/h5,7-8,10,12-14,16H,1-2,6,9,11H2. The second kappa shape index (κ2) is 7.38. The van der Waals surface area contributed by atoms with Crippen LogP contribution in [0.4, 0.5) is 10.1 Å². The van der Waals surface area contributed by atoms with Gasteiger partial charge in [-0.1, -0.05) is 29.6 Å². The van der Waals surface area contributed by atoms with Gasteiger partial charge in [0, 0.05) is 11.1 Å². The molecule has 0 radical (unpaired) electrons. The van der Waals surface area contributed by atoms with Crippen molar-refractivity contribution in [2.24, 2.45) is 10.9 Å². The van der Waals surface area contributed by atoms with Gasteiger partial charge in [0.15, 0.2) is 5.82 Å². The summed E-state index contributed by atoms with van der Waals surface area (Å²) in [6.07, 6.45) is 8.68. The summed E-state index contributed by atoms with van der Waals surface area (Å²) < 4.78 is 13.9. The zero-order chi connectivity index (χ0) is 17.9. The number of rotatable bonds is 3. The molecule has 0 aromatic heterocycles. The number of aliphatic imine (C=N–C) groups is 1. The van der Waals surface area contributed by atoms with Crippen molar-refractivity contribution in [3.63, 3.8) is 0 Å². The molecule has 0 spiro atoms. The van der Waals surface area contributed by atoms with Crippen molar-refractivity contribution in [3.05, 3.63) is 70.0 Å². The normalized spacial score (nSPS) is 15.2. The molecule has 4 rings (SSSR count). The van der Waals surface area contributed by atoms with Crippen LogP contribution >= 0.6 is 12.2 Å². The molecular weight excluding hydrogens is 341 g/mol. The number of halogens is 1. The quantitative estimate of drug-likeness (QED) is 0.367. The lowest BCUT2D eigenvalue weighted by molar-refractivity contribution is 0.629. The van der Waals surface area contributed by atoms with E-state index in [0.717, 1.165) is 24.3 Å². The van der Waals surface area contributed by atoms with Crippen LogP contribution in [0.3, 0.4) is 0 Å². The Bertz CT molecular complexity index is 999. The second-order valence-electron chi connectivity index (χ2n) is 6.98. The number of nitrogens with zero attached hydrogens (tertiary/aromatic N) is 1. The lowest BCUT2D eigenvalue weighted by Gasteiger charge is -2.16. The van der Waals surface area contributed by atoms with Crippen molar-refractivity contribution in [3.8, 4) is 11.8 Å². The van der Waals surface area contributed by atoms with Crippen molar-refractivity contribution in [2.75, 3.05) is 0 Å². The van der Waals surface area contributed by atoms with Gasteiger partial charge in [-0.25, -0.2) is 4.39 Å². The first-order chi connectivity index (χ1) is 12.7. The molecule has 2 aromatic carbocycles. The number of allylic oxidation sites excluding steroid dienone is 1. The van der Waals surface area contributed by atoms with Gasteiger partial charge < -0.3 is 0 Å². The van der Waals surface area contributed by atoms with E-state index in [-0.39, 0.29) is 5.69 Å². The van der Waals surface area contributed by atoms with Crippen LogP contribution in [0.1, 0.15) is 47.9 Å². The smallest absolute Gasteiger partial charge is 0.150 e.